The third-order valence-corrected chi connectivity index (χ3v) is 3.63. The molecule has 0 saturated carbocycles. The second-order valence-electron chi connectivity index (χ2n) is 5.91. The van der Waals surface area contributed by atoms with Gasteiger partial charge in [-0.2, -0.15) is 0 Å². The Morgan fingerprint density at radius 3 is 1.35 bits per heavy atom. The summed E-state index contributed by atoms with van der Waals surface area (Å²) < 4.78 is 0. The summed E-state index contributed by atoms with van der Waals surface area (Å²) in [7, 11) is 0. The number of unbranched alkanes of at least 4 members (excludes halogenated alkanes) is 5. The molecule has 0 radical (unpaired) electrons. The summed E-state index contributed by atoms with van der Waals surface area (Å²) >= 11 is 0. The van der Waals surface area contributed by atoms with E-state index in [0.29, 0.717) is 0 Å². The molecule has 0 aromatic carbocycles. The molecule has 0 unspecified atom stereocenters. The van der Waals surface area contributed by atoms with E-state index in [0.717, 1.165) is 32.1 Å². The molecular formula is C23H38. The fourth-order valence-electron chi connectivity index (χ4n) is 2.23. The second kappa shape index (κ2) is 20.7. The van der Waals surface area contributed by atoms with Gasteiger partial charge in [-0.1, -0.05) is 100 Å². The van der Waals surface area contributed by atoms with Crippen LogP contribution in [-0.2, 0) is 0 Å². The Kier molecular flexibility index (Phi) is 19.5. The van der Waals surface area contributed by atoms with Gasteiger partial charge >= 0.3 is 0 Å². The summed E-state index contributed by atoms with van der Waals surface area (Å²) in [6.45, 7) is 4.44. The van der Waals surface area contributed by atoms with Crippen LogP contribution >= 0.6 is 0 Å². The molecule has 0 spiro atoms. The quantitative estimate of drug-likeness (QED) is 0.211. The number of allylic oxidation sites excluding steroid dienone is 10. The molecule has 0 aromatic heterocycles. The summed E-state index contributed by atoms with van der Waals surface area (Å²) in [4.78, 5) is 0. The van der Waals surface area contributed by atoms with Gasteiger partial charge < -0.3 is 0 Å². The lowest BCUT2D eigenvalue weighted by atomic mass is 10.1. The average molecular weight is 315 g/mol. The average Bonchev–Trinajstić information content (AvgIpc) is 2.57. The van der Waals surface area contributed by atoms with Crippen molar-refractivity contribution >= 4 is 0 Å². The van der Waals surface area contributed by atoms with Crippen LogP contribution in [-0.4, -0.2) is 0 Å². The van der Waals surface area contributed by atoms with Crippen molar-refractivity contribution in [2.24, 2.45) is 0 Å². The maximum Gasteiger partial charge on any atom is -0.0169 e. The molecule has 0 N–H and O–H groups in total. The van der Waals surface area contributed by atoms with Crippen LogP contribution < -0.4 is 0 Å². The van der Waals surface area contributed by atoms with Gasteiger partial charge in [0.1, 0.15) is 0 Å². The largest absolute Gasteiger partial charge is 0.0885 e. The highest BCUT2D eigenvalue weighted by Crippen LogP contribution is 2.05. The molecule has 0 aromatic rings. The van der Waals surface area contributed by atoms with Crippen molar-refractivity contribution < 1.29 is 0 Å². The van der Waals surface area contributed by atoms with Crippen molar-refractivity contribution in [2.75, 3.05) is 0 Å². The number of hydrogen-bond donors (Lipinski definition) is 0. The van der Waals surface area contributed by atoms with E-state index in [1.807, 2.05) is 0 Å². The fourth-order valence-corrected chi connectivity index (χ4v) is 2.23. The van der Waals surface area contributed by atoms with E-state index in [4.69, 9.17) is 0 Å². The molecule has 130 valence electrons. The molecule has 0 heterocycles. The van der Waals surface area contributed by atoms with E-state index >= 15 is 0 Å². The summed E-state index contributed by atoms with van der Waals surface area (Å²) in [6.07, 6.45) is 36.1. The Morgan fingerprint density at radius 2 is 0.870 bits per heavy atom. The van der Waals surface area contributed by atoms with Gasteiger partial charge in [0.05, 0.1) is 0 Å². The molecule has 0 aliphatic heterocycles. The first kappa shape index (κ1) is 21.7. The van der Waals surface area contributed by atoms with Crippen molar-refractivity contribution in [3.8, 4) is 0 Å². The standard InChI is InChI=1S/C23H38/c1-3-5-7-9-11-13-15-17-19-21-23-22-20-18-16-14-12-10-8-6-4-2/h5,7,11,13,16-19,22-23H,3-4,6,8-10,12,14-15,20-21H2,1-2H3/b7-5-,13-11-,18-16-,19-17-,23-22-. The fraction of sp³-hybridized carbons (Fsp3) is 0.565. The van der Waals surface area contributed by atoms with Crippen molar-refractivity contribution in [2.45, 2.75) is 84.5 Å². The van der Waals surface area contributed by atoms with E-state index in [1.54, 1.807) is 0 Å². The summed E-state index contributed by atoms with van der Waals surface area (Å²) in [6, 6.07) is 0. The maximum absolute atomic E-state index is 2.34. The first-order valence-electron chi connectivity index (χ1n) is 9.66. The number of hydrogen-bond acceptors (Lipinski definition) is 0. The summed E-state index contributed by atoms with van der Waals surface area (Å²) in [5.74, 6) is 0. The number of rotatable bonds is 15. The molecule has 0 bridgehead atoms. The van der Waals surface area contributed by atoms with Crippen LogP contribution in [0.25, 0.3) is 0 Å². The third kappa shape index (κ3) is 20.7. The van der Waals surface area contributed by atoms with Gasteiger partial charge in [-0.05, 0) is 44.9 Å². The maximum atomic E-state index is 2.34. The van der Waals surface area contributed by atoms with Crippen LogP contribution in [0.15, 0.2) is 60.8 Å². The van der Waals surface area contributed by atoms with E-state index in [-0.39, 0.29) is 0 Å². The van der Waals surface area contributed by atoms with Crippen LogP contribution in [0.3, 0.4) is 0 Å². The molecule has 0 aliphatic rings. The lowest BCUT2D eigenvalue weighted by molar-refractivity contribution is 0.637. The van der Waals surface area contributed by atoms with E-state index in [1.165, 1.54) is 38.5 Å². The predicted octanol–water partition coefficient (Wildman–Crippen LogP) is 8.10. The Bertz CT molecular complexity index is 352. The minimum atomic E-state index is 1.05. The van der Waals surface area contributed by atoms with Crippen LogP contribution in [0, 0.1) is 0 Å². The zero-order valence-corrected chi connectivity index (χ0v) is 15.6. The smallest absolute Gasteiger partial charge is 0.0169 e. The molecule has 0 nitrogen and oxygen atoms in total. The Hall–Kier alpha value is -1.30. The van der Waals surface area contributed by atoms with Gasteiger partial charge in [0, 0.05) is 0 Å². The monoisotopic (exact) mass is 314 g/mol. The first-order valence-corrected chi connectivity index (χ1v) is 9.66. The topological polar surface area (TPSA) is 0 Å². The van der Waals surface area contributed by atoms with Gasteiger partial charge in [0.15, 0.2) is 0 Å². The molecule has 0 aliphatic carbocycles. The molecule has 0 fully saturated rings. The van der Waals surface area contributed by atoms with Crippen LogP contribution in [0.5, 0.6) is 0 Å². The molecule has 0 rings (SSSR count). The highest BCUT2D eigenvalue weighted by Gasteiger charge is 1.85. The Labute approximate surface area is 145 Å². The van der Waals surface area contributed by atoms with Gasteiger partial charge in [0.2, 0.25) is 0 Å². The Morgan fingerprint density at radius 1 is 0.435 bits per heavy atom. The van der Waals surface area contributed by atoms with Crippen LogP contribution in [0.1, 0.15) is 84.5 Å². The van der Waals surface area contributed by atoms with Gasteiger partial charge in [-0.3, -0.25) is 0 Å². The lowest BCUT2D eigenvalue weighted by Gasteiger charge is -1.95. The first-order chi connectivity index (χ1) is 11.4. The predicted molar refractivity (Wildman–Crippen MR) is 108 cm³/mol. The van der Waals surface area contributed by atoms with Gasteiger partial charge in [-0.15, -0.1) is 0 Å². The molecule has 23 heavy (non-hydrogen) atoms. The minimum absolute atomic E-state index is 1.05. The van der Waals surface area contributed by atoms with Gasteiger partial charge in [0.25, 0.3) is 0 Å². The van der Waals surface area contributed by atoms with Crippen molar-refractivity contribution in [3.05, 3.63) is 60.8 Å². The van der Waals surface area contributed by atoms with E-state index in [9.17, 15) is 0 Å². The molecule has 0 heteroatoms. The third-order valence-electron chi connectivity index (χ3n) is 3.63. The molecule has 0 saturated heterocycles. The molecule has 0 amide bonds. The Balaban J connectivity index is 3.39. The summed E-state index contributed by atoms with van der Waals surface area (Å²) in [5.41, 5.74) is 0. The van der Waals surface area contributed by atoms with E-state index in [2.05, 4.69) is 74.6 Å². The SMILES string of the molecule is CC/C=C\C/C=C\C/C=C\C/C=C\C/C=C\CCCCCCC. The highest BCUT2D eigenvalue weighted by molar-refractivity contribution is 5.00. The van der Waals surface area contributed by atoms with Gasteiger partial charge in [-0.25, -0.2) is 0 Å². The zero-order valence-electron chi connectivity index (χ0n) is 15.6. The zero-order chi connectivity index (χ0) is 16.8. The second-order valence-corrected chi connectivity index (χ2v) is 5.91. The normalized spacial score (nSPS) is 13.0. The minimum Gasteiger partial charge on any atom is -0.0885 e. The van der Waals surface area contributed by atoms with Crippen molar-refractivity contribution in [3.63, 3.8) is 0 Å². The van der Waals surface area contributed by atoms with E-state index < -0.39 is 0 Å². The van der Waals surface area contributed by atoms with Crippen molar-refractivity contribution in [1.82, 2.24) is 0 Å². The van der Waals surface area contributed by atoms with Crippen molar-refractivity contribution in [1.29, 1.82) is 0 Å². The molecule has 0 atom stereocenters. The van der Waals surface area contributed by atoms with Crippen LogP contribution in [0.4, 0.5) is 0 Å². The lowest BCUT2D eigenvalue weighted by Crippen LogP contribution is -1.75. The summed E-state index contributed by atoms with van der Waals surface area (Å²) in [5, 5.41) is 0. The van der Waals surface area contributed by atoms with Crippen LogP contribution in [0.2, 0.25) is 0 Å². The molecular weight excluding hydrogens is 276 g/mol. The highest BCUT2D eigenvalue weighted by atomic mass is 13.9.